The van der Waals surface area contributed by atoms with Gasteiger partial charge in [-0.05, 0) is 82.6 Å². The molecule has 3 saturated heterocycles. The van der Waals surface area contributed by atoms with Crippen LogP contribution in [-0.4, -0.2) is 69.8 Å². The van der Waals surface area contributed by atoms with Gasteiger partial charge in [0.05, 0.1) is 36.7 Å². The van der Waals surface area contributed by atoms with Crippen LogP contribution in [0.5, 0.6) is 5.75 Å². The number of aliphatic hydroxyl groups is 1. The standard InChI is InChI=1S/C32H49N3O6/c1-10-21(17-36)35-25(27(38)34-30(7,8)18-29(4,5)6)32-16-19(3)31(9,41-32)23(24(32)28(35)39)26(37)33-20-12-14-22(15-13-20)40-11-2/h12-15,19,21,23-25,36H,10-11,16-18H2,1-9H3,(H,33,37)(H,34,38)/t19?,21-,23+,24-,25?,31-,32?/m0/s1. The highest BCUT2D eigenvalue weighted by Gasteiger charge is 2.80. The fraction of sp³-hybridized carbons (Fsp3) is 0.719. The van der Waals surface area contributed by atoms with Gasteiger partial charge in [0.25, 0.3) is 0 Å². The number of likely N-dealkylation sites (tertiary alicyclic amines) is 1. The highest BCUT2D eigenvalue weighted by atomic mass is 16.5. The van der Waals surface area contributed by atoms with Crippen LogP contribution in [0.3, 0.4) is 0 Å². The molecule has 4 rings (SSSR count). The number of hydrogen-bond acceptors (Lipinski definition) is 6. The number of amides is 3. The molecule has 2 bridgehead atoms. The molecule has 1 spiro atoms. The lowest BCUT2D eigenvalue weighted by molar-refractivity contribution is -0.150. The van der Waals surface area contributed by atoms with Gasteiger partial charge in [0.2, 0.25) is 17.7 Å². The maximum atomic E-state index is 14.3. The van der Waals surface area contributed by atoms with Gasteiger partial charge in [-0.1, -0.05) is 34.6 Å². The Morgan fingerprint density at radius 3 is 2.32 bits per heavy atom. The van der Waals surface area contributed by atoms with Gasteiger partial charge in [0, 0.05) is 11.2 Å². The van der Waals surface area contributed by atoms with Gasteiger partial charge in [0.15, 0.2) is 0 Å². The first-order valence-corrected chi connectivity index (χ1v) is 15.0. The second-order valence-electron chi connectivity index (χ2n) is 14.3. The van der Waals surface area contributed by atoms with E-state index in [0.717, 1.165) is 6.42 Å². The number of anilines is 1. The molecule has 3 aliphatic heterocycles. The first-order chi connectivity index (χ1) is 19.0. The first-order valence-electron chi connectivity index (χ1n) is 15.0. The summed E-state index contributed by atoms with van der Waals surface area (Å²) in [5.41, 5.74) is -2.09. The highest BCUT2D eigenvalue weighted by Crippen LogP contribution is 2.65. The van der Waals surface area contributed by atoms with E-state index >= 15 is 0 Å². The van der Waals surface area contributed by atoms with E-state index in [2.05, 4.69) is 31.4 Å². The molecule has 0 saturated carbocycles. The Bertz CT molecular complexity index is 1160. The summed E-state index contributed by atoms with van der Waals surface area (Å²) < 4.78 is 12.3. The summed E-state index contributed by atoms with van der Waals surface area (Å²) in [5.74, 6) is -1.93. The van der Waals surface area contributed by atoms with Gasteiger partial charge in [-0.3, -0.25) is 14.4 Å². The van der Waals surface area contributed by atoms with Crippen LogP contribution in [0, 0.1) is 23.2 Å². The second-order valence-corrected chi connectivity index (χ2v) is 14.3. The topological polar surface area (TPSA) is 117 Å². The van der Waals surface area contributed by atoms with Crippen molar-refractivity contribution in [1.82, 2.24) is 10.2 Å². The molecule has 3 heterocycles. The van der Waals surface area contributed by atoms with Crippen molar-refractivity contribution in [1.29, 1.82) is 0 Å². The van der Waals surface area contributed by atoms with E-state index in [4.69, 9.17) is 9.47 Å². The Hall–Kier alpha value is -2.65. The lowest BCUT2D eigenvalue weighted by atomic mass is 9.62. The molecule has 3 N–H and O–H groups in total. The molecule has 41 heavy (non-hydrogen) atoms. The van der Waals surface area contributed by atoms with E-state index in [0.29, 0.717) is 30.9 Å². The number of nitrogens with zero attached hydrogens (tertiary/aromatic N) is 1. The van der Waals surface area contributed by atoms with Crippen molar-refractivity contribution in [2.75, 3.05) is 18.5 Å². The fourth-order valence-corrected chi connectivity index (χ4v) is 7.98. The summed E-state index contributed by atoms with van der Waals surface area (Å²) in [7, 11) is 0. The predicted octanol–water partition coefficient (Wildman–Crippen LogP) is 4.14. The van der Waals surface area contributed by atoms with Crippen molar-refractivity contribution < 1.29 is 29.0 Å². The van der Waals surface area contributed by atoms with Gasteiger partial charge in [-0.15, -0.1) is 0 Å². The van der Waals surface area contributed by atoms with Crippen molar-refractivity contribution in [2.45, 2.75) is 110 Å². The Morgan fingerprint density at radius 1 is 1.15 bits per heavy atom. The van der Waals surface area contributed by atoms with Crippen molar-refractivity contribution in [3.8, 4) is 5.75 Å². The van der Waals surface area contributed by atoms with Gasteiger partial charge in [0.1, 0.15) is 17.4 Å². The molecule has 228 valence electrons. The van der Waals surface area contributed by atoms with Crippen molar-refractivity contribution in [2.24, 2.45) is 23.2 Å². The zero-order valence-electron chi connectivity index (χ0n) is 26.2. The lowest BCUT2D eigenvalue weighted by Gasteiger charge is -2.40. The summed E-state index contributed by atoms with van der Waals surface area (Å²) >= 11 is 0. The molecule has 3 aliphatic rings. The number of nitrogens with one attached hydrogen (secondary N) is 2. The average molecular weight is 572 g/mol. The van der Waals surface area contributed by atoms with Crippen LogP contribution in [0.1, 0.15) is 81.6 Å². The highest BCUT2D eigenvalue weighted by molar-refractivity contribution is 6.02. The predicted molar refractivity (Wildman–Crippen MR) is 157 cm³/mol. The summed E-state index contributed by atoms with van der Waals surface area (Å²) in [6.45, 7) is 18.3. The average Bonchev–Trinajstić information content (AvgIpc) is 3.36. The Labute approximate surface area is 244 Å². The maximum Gasteiger partial charge on any atom is 0.246 e. The third-order valence-electron chi connectivity index (χ3n) is 9.23. The Balaban J connectivity index is 1.72. The van der Waals surface area contributed by atoms with E-state index in [-0.39, 0.29) is 35.7 Å². The number of fused-ring (bicyclic) bond motifs is 1. The zero-order valence-corrected chi connectivity index (χ0v) is 26.2. The number of carbonyl (C=O) groups is 3. The number of ether oxygens (including phenoxy) is 2. The van der Waals surface area contributed by atoms with Crippen LogP contribution >= 0.6 is 0 Å². The van der Waals surface area contributed by atoms with Crippen LogP contribution < -0.4 is 15.4 Å². The molecule has 9 heteroatoms. The molecule has 1 aromatic carbocycles. The van der Waals surface area contributed by atoms with Gasteiger partial charge >= 0.3 is 0 Å². The number of hydrogen-bond donors (Lipinski definition) is 3. The van der Waals surface area contributed by atoms with Crippen LogP contribution in [0.2, 0.25) is 0 Å². The first kappa shape index (κ1) is 31.3. The van der Waals surface area contributed by atoms with Gasteiger partial charge < -0.3 is 30.1 Å². The minimum Gasteiger partial charge on any atom is -0.494 e. The van der Waals surface area contributed by atoms with E-state index < -0.39 is 40.7 Å². The number of carbonyl (C=O) groups excluding carboxylic acids is 3. The van der Waals surface area contributed by atoms with Gasteiger partial charge in [-0.2, -0.15) is 0 Å². The monoisotopic (exact) mass is 571 g/mol. The van der Waals surface area contributed by atoms with E-state index in [1.807, 2.05) is 41.5 Å². The molecular formula is C32H49N3O6. The third-order valence-corrected chi connectivity index (χ3v) is 9.23. The lowest BCUT2D eigenvalue weighted by Crippen LogP contribution is -2.61. The molecule has 3 unspecified atom stereocenters. The molecule has 3 amide bonds. The molecular weight excluding hydrogens is 522 g/mol. The van der Waals surface area contributed by atoms with Crippen LogP contribution in [-0.2, 0) is 19.1 Å². The van der Waals surface area contributed by atoms with Crippen LogP contribution in [0.25, 0.3) is 0 Å². The van der Waals surface area contributed by atoms with Gasteiger partial charge in [-0.25, -0.2) is 0 Å². The molecule has 0 aliphatic carbocycles. The van der Waals surface area contributed by atoms with Crippen molar-refractivity contribution in [3.05, 3.63) is 24.3 Å². The van der Waals surface area contributed by atoms with Crippen molar-refractivity contribution >= 4 is 23.4 Å². The summed E-state index contributed by atoms with van der Waals surface area (Å²) in [6.07, 6.45) is 1.67. The normalized spacial score (nSPS) is 31.7. The van der Waals surface area contributed by atoms with Crippen LogP contribution in [0.15, 0.2) is 24.3 Å². The molecule has 9 nitrogen and oxygen atoms in total. The largest absolute Gasteiger partial charge is 0.494 e. The minimum atomic E-state index is -1.17. The van der Waals surface area contributed by atoms with E-state index in [1.54, 1.807) is 24.3 Å². The summed E-state index contributed by atoms with van der Waals surface area (Å²) in [4.78, 5) is 44.1. The Kier molecular flexibility index (Phi) is 8.30. The molecule has 7 atom stereocenters. The zero-order chi connectivity index (χ0) is 30.5. The molecule has 3 fully saturated rings. The maximum absolute atomic E-state index is 14.3. The molecule has 1 aromatic rings. The minimum absolute atomic E-state index is 0.0335. The van der Waals surface area contributed by atoms with Crippen LogP contribution in [0.4, 0.5) is 5.69 Å². The number of rotatable bonds is 10. The van der Waals surface area contributed by atoms with E-state index in [1.165, 1.54) is 4.90 Å². The third kappa shape index (κ3) is 5.47. The summed E-state index contributed by atoms with van der Waals surface area (Å²) in [5, 5.41) is 16.5. The summed E-state index contributed by atoms with van der Waals surface area (Å²) in [6, 6.07) is 5.60. The molecule has 0 aromatic heterocycles. The Morgan fingerprint density at radius 2 is 1.78 bits per heavy atom. The SMILES string of the molecule is CCOc1ccc(NC(=O)[C@H]2[C@H]3C(=O)N([C@@H](CC)CO)C(C(=O)NC(C)(C)CC(C)(C)C)C34CC(C)[C@]2(C)O4)cc1. The number of aliphatic hydroxyl groups excluding tert-OH is 1. The number of benzene rings is 1. The fourth-order valence-electron chi connectivity index (χ4n) is 7.98. The molecule has 0 radical (unpaired) electrons. The van der Waals surface area contributed by atoms with E-state index in [9.17, 15) is 19.5 Å². The van der Waals surface area contributed by atoms with Crippen molar-refractivity contribution in [3.63, 3.8) is 0 Å². The quantitative estimate of drug-likeness (QED) is 0.389. The smallest absolute Gasteiger partial charge is 0.246 e. The second kappa shape index (κ2) is 10.9.